The average molecular weight is 198 g/mol. The Bertz CT molecular complexity index is 393. The Labute approximate surface area is 78.1 Å². The molecule has 0 bridgehead atoms. The van der Waals surface area contributed by atoms with Crippen LogP contribution in [0.4, 0.5) is 15.0 Å². The van der Waals surface area contributed by atoms with Crippen molar-refractivity contribution in [1.29, 1.82) is 5.41 Å². The molecule has 0 unspecified atom stereocenters. The summed E-state index contributed by atoms with van der Waals surface area (Å²) in [5, 5.41) is 17.1. The molecule has 1 aromatic rings. The summed E-state index contributed by atoms with van der Waals surface area (Å²) in [4.78, 5) is 13.4. The van der Waals surface area contributed by atoms with E-state index in [1.54, 1.807) is 0 Å². The number of carboxylic acid groups (broad SMARTS) is 1. The predicted molar refractivity (Wildman–Crippen MR) is 46.9 cm³/mol. The van der Waals surface area contributed by atoms with Crippen LogP contribution < -0.4 is 11.1 Å². The van der Waals surface area contributed by atoms with E-state index in [1.165, 1.54) is 12.1 Å². The van der Waals surface area contributed by atoms with Crippen molar-refractivity contribution in [2.75, 3.05) is 5.32 Å². The SMILES string of the molecule is N=C(N)c1ccc(NC(=O)O)nc1F. The minimum atomic E-state index is -1.34. The van der Waals surface area contributed by atoms with E-state index in [0.717, 1.165) is 0 Å². The van der Waals surface area contributed by atoms with Gasteiger partial charge < -0.3 is 10.8 Å². The summed E-state index contributed by atoms with van der Waals surface area (Å²) < 4.78 is 13.0. The van der Waals surface area contributed by atoms with Crippen LogP contribution in [0.3, 0.4) is 0 Å². The standard InChI is InChI=1S/C7H7FN4O2/c8-5-3(6(9)10)1-2-4(11-5)12-7(13)14/h1-2H,(H3,9,10)(H,11,12)(H,13,14). The Morgan fingerprint density at radius 3 is 2.71 bits per heavy atom. The van der Waals surface area contributed by atoms with Crippen LogP contribution in [-0.2, 0) is 0 Å². The monoisotopic (exact) mass is 198 g/mol. The lowest BCUT2D eigenvalue weighted by Gasteiger charge is -2.02. The van der Waals surface area contributed by atoms with Crippen molar-refractivity contribution in [2.24, 2.45) is 5.73 Å². The quantitative estimate of drug-likeness (QED) is 0.316. The molecule has 0 saturated carbocycles. The van der Waals surface area contributed by atoms with Crippen molar-refractivity contribution in [3.05, 3.63) is 23.6 Å². The second-order valence-corrected chi connectivity index (χ2v) is 2.38. The topological polar surface area (TPSA) is 112 Å². The fraction of sp³-hybridized carbons (Fsp3) is 0. The van der Waals surface area contributed by atoms with E-state index in [0.29, 0.717) is 0 Å². The number of carbonyl (C=O) groups is 1. The number of amidine groups is 1. The van der Waals surface area contributed by atoms with Gasteiger partial charge in [0.2, 0.25) is 5.95 Å². The van der Waals surface area contributed by atoms with Crippen LogP contribution in [-0.4, -0.2) is 22.0 Å². The Balaban J connectivity index is 3.00. The Morgan fingerprint density at radius 2 is 2.29 bits per heavy atom. The third-order valence-corrected chi connectivity index (χ3v) is 1.37. The molecule has 14 heavy (non-hydrogen) atoms. The number of rotatable bonds is 2. The number of hydrogen-bond donors (Lipinski definition) is 4. The highest BCUT2D eigenvalue weighted by Gasteiger charge is 2.08. The first-order valence-corrected chi connectivity index (χ1v) is 3.51. The van der Waals surface area contributed by atoms with Crippen LogP contribution in [0.1, 0.15) is 5.56 Å². The summed E-state index contributed by atoms with van der Waals surface area (Å²) in [5.41, 5.74) is 4.87. The zero-order valence-corrected chi connectivity index (χ0v) is 6.91. The van der Waals surface area contributed by atoms with Crippen LogP contribution in [0.25, 0.3) is 0 Å². The molecule has 7 heteroatoms. The van der Waals surface area contributed by atoms with Gasteiger partial charge in [-0.05, 0) is 12.1 Å². The van der Waals surface area contributed by atoms with Gasteiger partial charge in [-0.3, -0.25) is 10.7 Å². The van der Waals surface area contributed by atoms with Gasteiger partial charge in [-0.15, -0.1) is 0 Å². The Hall–Kier alpha value is -2.18. The molecule has 5 N–H and O–H groups in total. The lowest BCUT2D eigenvalue weighted by Crippen LogP contribution is -2.16. The van der Waals surface area contributed by atoms with E-state index >= 15 is 0 Å². The Kier molecular flexibility index (Phi) is 2.61. The Morgan fingerprint density at radius 1 is 1.64 bits per heavy atom. The molecule has 1 rings (SSSR count). The van der Waals surface area contributed by atoms with E-state index in [2.05, 4.69) is 4.98 Å². The molecule has 0 aromatic carbocycles. The molecule has 1 amide bonds. The molecule has 1 aromatic heterocycles. The zero-order valence-electron chi connectivity index (χ0n) is 6.91. The van der Waals surface area contributed by atoms with Gasteiger partial charge in [-0.1, -0.05) is 0 Å². The number of amides is 1. The number of aromatic nitrogens is 1. The number of anilines is 1. The first-order chi connectivity index (χ1) is 6.50. The number of nitrogens with one attached hydrogen (secondary N) is 2. The van der Waals surface area contributed by atoms with Gasteiger partial charge in [0.1, 0.15) is 11.7 Å². The molecular formula is C7H7FN4O2. The summed E-state index contributed by atoms with van der Waals surface area (Å²) in [7, 11) is 0. The van der Waals surface area contributed by atoms with Crippen molar-refractivity contribution in [3.8, 4) is 0 Å². The van der Waals surface area contributed by atoms with Crippen molar-refractivity contribution in [1.82, 2.24) is 4.98 Å². The van der Waals surface area contributed by atoms with Crippen LogP contribution >= 0.6 is 0 Å². The van der Waals surface area contributed by atoms with Crippen molar-refractivity contribution in [3.63, 3.8) is 0 Å². The number of hydrogen-bond acceptors (Lipinski definition) is 3. The molecule has 6 nitrogen and oxygen atoms in total. The number of nitrogens with two attached hydrogens (primary N) is 1. The summed E-state index contributed by atoms with van der Waals surface area (Å²) in [6.07, 6.45) is -1.34. The number of nitrogens with zero attached hydrogens (tertiary/aromatic N) is 1. The fourth-order valence-electron chi connectivity index (χ4n) is 0.814. The van der Waals surface area contributed by atoms with Crippen molar-refractivity contribution < 1.29 is 14.3 Å². The highest BCUT2D eigenvalue weighted by atomic mass is 19.1. The summed E-state index contributed by atoms with van der Waals surface area (Å²) in [6.45, 7) is 0. The normalized spacial score (nSPS) is 9.50. The van der Waals surface area contributed by atoms with Gasteiger partial charge in [-0.25, -0.2) is 9.78 Å². The highest BCUT2D eigenvalue weighted by Crippen LogP contribution is 2.08. The zero-order chi connectivity index (χ0) is 10.7. The maximum atomic E-state index is 13.0. The van der Waals surface area contributed by atoms with Crippen LogP contribution in [0.2, 0.25) is 0 Å². The van der Waals surface area contributed by atoms with E-state index in [1.807, 2.05) is 5.32 Å². The van der Waals surface area contributed by atoms with Gasteiger partial charge in [0.05, 0.1) is 5.56 Å². The lowest BCUT2D eigenvalue weighted by molar-refractivity contribution is 0.209. The third-order valence-electron chi connectivity index (χ3n) is 1.37. The number of halogens is 1. The maximum absolute atomic E-state index is 13.0. The highest BCUT2D eigenvalue weighted by molar-refractivity contribution is 5.95. The second-order valence-electron chi connectivity index (χ2n) is 2.38. The molecular weight excluding hydrogens is 191 g/mol. The van der Waals surface area contributed by atoms with E-state index in [-0.39, 0.29) is 11.4 Å². The molecule has 0 aliphatic rings. The molecule has 74 valence electrons. The minimum absolute atomic E-state index is 0.153. The molecule has 0 atom stereocenters. The molecule has 1 heterocycles. The number of pyridine rings is 1. The second kappa shape index (κ2) is 3.69. The van der Waals surface area contributed by atoms with E-state index in [4.69, 9.17) is 16.2 Å². The van der Waals surface area contributed by atoms with E-state index < -0.39 is 17.9 Å². The van der Waals surface area contributed by atoms with Gasteiger partial charge in [-0.2, -0.15) is 4.39 Å². The molecule has 0 aliphatic heterocycles. The first kappa shape index (κ1) is 9.90. The first-order valence-electron chi connectivity index (χ1n) is 3.51. The third kappa shape index (κ3) is 2.16. The van der Waals surface area contributed by atoms with Crippen LogP contribution in [0.5, 0.6) is 0 Å². The van der Waals surface area contributed by atoms with Gasteiger partial charge >= 0.3 is 6.09 Å². The predicted octanol–water partition coefficient (Wildman–Crippen LogP) is 0.595. The smallest absolute Gasteiger partial charge is 0.410 e. The largest absolute Gasteiger partial charge is 0.465 e. The van der Waals surface area contributed by atoms with Crippen LogP contribution in [0.15, 0.2) is 12.1 Å². The molecule has 0 fully saturated rings. The van der Waals surface area contributed by atoms with Gasteiger partial charge in [0.15, 0.2) is 0 Å². The summed E-state index contributed by atoms with van der Waals surface area (Å²) in [5.74, 6) is -1.60. The molecule has 0 aliphatic carbocycles. The molecule has 0 spiro atoms. The maximum Gasteiger partial charge on any atom is 0.410 e. The van der Waals surface area contributed by atoms with Crippen molar-refractivity contribution >= 4 is 17.7 Å². The summed E-state index contributed by atoms with van der Waals surface area (Å²) in [6, 6.07) is 2.39. The molecule has 0 saturated heterocycles. The van der Waals surface area contributed by atoms with Gasteiger partial charge in [0, 0.05) is 0 Å². The summed E-state index contributed by atoms with van der Waals surface area (Å²) >= 11 is 0. The lowest BCUT2D eigenvalue weighted by atomic mass is 10.2. The molecule has 0 radical (unpaired) electrons. The van der Waals surface area contributed by atoms with Gasteiger partial charge in [0.25, 0.3) is 0 Å². The minimum Gasteiger partial charge on any atom is -0.465 e. The van der Waals surface area contributed by atoms with Crippen LogP contribution in [0, 0.1) is 11.4 Å². The fourth-order valence-corrected chi connectivity index (χ4v) is 0.814. The average Bonchev–Trinajstić information content (AvgIpc) is 2.01. The van der Waals surface area contributed by atoms with Crippen molar-refractivity contribution in [2.45, 2.75) is 0 Å². The van der Waals surface area contributed by atoms with E-state index in [9.17, 15) is 9.18 Å². The number of nitrogen functional groups attached to an aromatic ring is 1.